The maximum absolute atomic E-state index is 9.31. The minimum Gasteiger partial charge on any atom is -0.508 e. The van der Waals surface area contributed by atoms with Gasteiger partial charge in [-0.25, -0.2) is 0 Å². The lowest BCUT2D eigenvalue weighted by Crippen LogP contribution is -1.93. The van der Waals surface area contributed by atoms with Gasteiger partial charge in [0.25, 0.3) is 0 Å². The Kier molecular flexibility index (Phi) is 3.66. The number of phenols is 1. The van der Waals surface area contributed by atoms with E-state index in [4.69, 9.17) is 16.3 Å². The van der Waals surface area contributed by atoms with E-state index < -0.39 is 0 Å². The smallest absolute Gasteiger partial charge is 0.122 e. The normalized spacial score (nSPS) is 13.9. The monoisotopic (exact) mass is 286 g/mol. The fourth-order valence-corrected chi connectivity index (χ4v) is 2.50. The van der Waals surface area contributed by atoms with Crippen molar-refractivity contribution in [3.8, 4) is 5.75 Å². The van der Waals surface area contributed by atoms with Crippen molar-refractivity contribution in [2.75, 3.05) is 6.61 Å². The van der Waals surface area contributed by atoms with Gasteiger partial charge in [-0.15, -0.1) is 0 Å². The highest BCUT2D eigenvalue weighted by Crippen LogP contribution is 2.27. The number of hydrogen-bond donors (Lipinski definition) is 1. The molecule has 0 unspecified atom stereocenters. The SMILES string of the molecule is Oc1ccc(Cc2cc(C3=CCCO3)ccc2Cl)cc1. The largest absolute Gasteiger partial charge is 0.508 e. The predicted octanol–water partition coefficient (Wildman–Crippen LogP) is 4.40. The molecule has 20 heavy (non-hydrogen) atoms. The molecule has 0 saturated carbocycles. The Morgan fingerprint density at radius 1 is 1.10 bits per heavy atom. The quantitative estimate of drug-likeness (QED) is 0.906. The van der Waals surface area contributed by atoms with Crippen molar-refractivity contribution in [3.05, 3.63) is 70.3 Å². The Bertz CT molecular complexity index is 645. The van der Waals surface area contributed by atoms with Crippen LogP contribution in [0.3, 0.4) is 0 Å². The third kappa shape index (κ3) is 2.81. The standard InChI is InChI=1S/C17H15ClO2/c18-16-8-5-13(17-2-1-9-20-17)11-14(16)10-12-3-6-15(19)7-4-12/h2-8,11,19H,1,9-10H2. The Morgan fingerprint density at radius 2 is 1.90 bits per heavy atom. The van der Waals surface area contributed by atoms with Crippen LogP contribution in [0, 0.1) is 0 Å². The van der Waals surface area contributed by atoms with Gasteiger partial charge in [0.15, 0.2) is 0 Å². The first-order valence-electron chi connectivity index (χ1n) is 6.62. The second-order valence-electron chi connectivity index (χ2n) is 4.85. The highest BCUT2D eigenvalue weighted by atomic mass is 35.5. The molecule has 0 radical (unpaired) electrons. The lowest BCUT2D eigenvalue weighted by molar-refractivity contribution is 0.307. The summed E-state index contributed by atoms with van der Waals surface area (Å²) in [6.45, 7) is 0.755. The topological polar surface area (TPSA) is 29.5 Å². The Labute approximate surface area is 123 Å². The molecule has 0 amide bonds. The van der Waals surface area contributed by atoms with Gasteiger partial charge in [0, 0.05) is 17.0 Å². The number of rotatable bonds is 3. The van der Waals surface area contributed by atoms with Gasteiger partial charge < -0.3 is 9.84 Å². The maximum atomic E-state index is 9.31. The minimum absolute atomic E-state index is 0.276. The van der Waals surface area contributed by atoms with Gasteiger partial charge >= 0.3 is 0 Å². The van der Waals surface area contributed by atoms with Crippen molar-refractivity contribution in [2.45, 2.75) is 12.8 Å². The van der Waals surface area contributed by atoms with E-state index in [9.17, 15) is 5.11 Å². The summed E-state index contributed by atoms with van der Waals surface area (Å²) in [6, 6.07) is 13.2. The maximum Gasteiger partial charge on any atom is 0.122 e. The second-order valence-corrected chi connectivity index (χ2v) is 5.26. The minimum atomic E-state index is 0.276. The number of aromatic hydroxyl groups is 1. The molecule has 0 aliphatic carbocycles. The van der Waals surface area contributed by atoms with Crippen molar-refractivity contribution >= 4 is 17.4 Å². The van der Waals surface area contributed by atoms with E-state index in [1.165, 1.54) is 0 Å². The van der Waals surface area contributed by atoms with Gasteiger partial charge in [-0.3, -0.25) is 0 Å². The molecule has 3 heteroatoms. The summed E-state index contributed by atoms with van der Waals surface area (Å²) in [7, 11) is 0. The van der Waals surface area contributed by atoms with Crippen molar-refractivity contribution in [1.29, 1.82) is 0 Å². The van der Waals surface area contributed by atoms with Gasteiger partial charge in [0.2, 0.25) is 0 Å². The fraction of sp³-hybridized carbons (Fsp3) is 0.176. The molecule has 1 N–H and O–H groups in total. The molecule has 1 aliphatic rings. The van der Waals surface area contributed by atoms with Crippen molar-refractivity contribution in [3.63, 3.8) is 0 Å². The van der Waals surface area contributed by atoms with Crippen LogP contribution in [0.4, 0.5) is 0 Å². The summed E-state index contributed by atoms with van der Waals surface area (Å²) < 4.78 is 5.58. The molecule has 2 nitrogen and oxygen atoms in total. The molecule has 102 valence electrons. The van der Waals surface area contributed by atoms with Crippen LogP contribution in [0.25, 0.3) is 5.76 Å². The molecule has 2 aromatic carbocycles. The van der Waals surface area contributed by atoms with Gasteiger partial charge in [-0.1, -0.05) is 23.7 Å². The molecular weight excluding hydrogens is 272 g/mol. The Hall–Kier alpha value is -1.93. The van der Waals surface area contributed by atoms with E-state index in [1.807, 2.05) is 24.3 Å². The van der Waals surface area contributed by atoms with E-state index in [0.29, 0.717) is 0 Å². The molecule has 1 aliphatic heterocycles. The highest BCUT2D eigenvalue weighted by Gasteiger charge is 2.11. The molecule has 0 bridgehead atoms. The third-order valence-electron chi connectivity index (χ3n) is 3.37. The summed E-state index contributed by atoms with van der Waals surface area (Å²) in [5.41, 5.74) is 3.25. The first-order chi connectivity index (χ1) is 9.72. The molecular formula is C17H15ClO2. The number of halogens is 1. The van der Waals surface area contributed by atoms with Crippen LogP contribution in [-0.4, -0.2) is 11.7 Å². The summed E-state index contributed by atoms with van der Waals surface area (Å²) in [5, 5.41) is 10.1. The predicted molar refractivity (Wildman–Crippen MR) is 80.9 cm³/mol. The zero-order valence-corrected chi connectivity index (χ0v) is 11.7. The lowest BCUT2D eigenvalue weighted by atomic mass is 10.0. The first kappa shape index (κ1) is 13.1. The molecule has 0 atom stereocenters. The average molecular weight is 287 g/mol. The van der Waals surface area contributed by atoms with Crippen LogP contribution in [0.15, 0.2) is 48.5 Å². The van der Waals surface area contributed by atoms with E-state index >= 15 is 0 Å². The Balaban J connectivity index is 1.88. The van der Waals surface area contributed by atoms with Crippen molar-refractivity contribution < 1.29 is 9.84 Å². The molecule has 0 aromatic heterocycles. The molecule has 1 heterocycles. The molecule has 3 rings (SSSR count). The Morgan fingerprint density at radius 3 is 2.60 bits per heavy atom. The number of ether oxygens (including phenoxy) is 1. The summed E-state index contributed by atoms with van der Waals surface area (Å²) in [5.74, 6) is 1.21. The molecule has 0 saturated heterocycles. The van der Waals surface area contributed by atoms with E-state index in [2.05, 4.69) is 12.1 Å². The van der Waals surface area contributed by atoms with Crippen LogP contribution in [0.1, 0.15) is 23.1 Å². The van der Waals surface area contributed by atoms with Crippen LogP contribution in [0.5, 0.6) is 5.75 Å². The number of phenolic OH excluding ortho intramolecular Hbond substituents is 1. The van der Waals surface area contributed by atoms with Crippen molar-refractivity contribution in [1.82, 2.24) is 0 Å². The van der Waals surface area contributed by atoms with Crippen LogP contribution < -0.4 is 0 Å². The molecule has 0 spiro atoms. The van der Waals surface area contributed by atoms with Crippen LogP contribution in [0.2, 0.25) is 5.02 Å². The van der Waals surface area contributed by atoms with Gasteiger partial charge in [0.05, 0.1) is 6.61 Å². The van der Waals surface area contributed by atoms with E-state index in [1.54, 1.807) is 12.1 Å². The first-order valence-corrected chi connectivity index (χ1v) is 7.00. The van der Waals surface area contributed by atoms with E-state index in [-0.39, 0.29) is 5.75 Å². The van der Waals surface area contributed by atoms with Crippen LogP contribution >= 0.6 is 11.6 Å². The van der Waals surface area contributed by atoms with Gasteiger partial charge in [-0.2, -0.15) is 0 Å². The zero-order valence-electron chi connectivity index (χ0n) is 11.0. The summed E-state index contributed by atoms with van der Waals surface area (Å²) in [4.78, 5) is 0. The number of benzene rings is 2. The second kappa shape index (κ2) is 5.59. The van der Waals surface area contributed by atoms with Gasteiger partial charge in [0.1, 0.15) is 11.5 Å². The fourth-order valence-electron chi connectivity index (χ4n) is 2.32. The third-order valence-corrected chi connectivity index (χ3v) is 3.74. The lowest BCUT2D eigenvalue weighted by Gasteiger charge is -2.09. The van der Waals surface area contributed by atoms with E-state index in [0.717, 1.165) is 46.9 Å². The summed E-state index contributed by atoms with van der Waals surface area (Å²) >= 11 is 6.27. The molecule has 2 aromatic rings. The van der Waals surface area contributed by atoms with Crippen LogP contribution in [-0.2, 0) is 11.2 Å². The molecule has 0 fully saturated rings. The van der Waals surface area contributed by atoms with Gasteiger partial charge in [-0.05, 0) is 54.0 Å². The highest BCUT2D eigenvalue weighted by molar-refractivity contribution is 6.31. The average Bonchev–Trinajstić information content (AvgIpc) is 2.98. The summed E-state index contributed by atoms with van der Waals surface area (Å²) in [6.07, 6.45) is 3.80. The van der Waals surface area contributed by atoms with Crippen molar-refractivity contribution in [2.24, 2.45) is 0 Å². The zero-order chi connectivity index (χ0) is 13.9. The number of hydrogen-bond acceptors (Lipinski definition) is 2.